The van der Waals surface area contributed by atoms with Crippen LogP contribution in [0.2, 0.25) is 0 Å². The molecule has 0 aliphatic carbocycles. The highest BCUT2D eigenvalue weighted by molar-refractivity contribution is 5.18. The summed E-state index contributed by atoms with van der Waals surface area (Å²) in [6.45, 7) is 2.38. The molecule has 0 N–H and O–H groups in total. The minimum Gasteiger partial charge on any atom is -0.296 e. The first kappa shape index (κ1) is 15.2. The van der Waals surface area contributed by atoms with Gasteiger partial charge in [-0.25, -0.2) is 4.39 Å². The summed E-state index contributed by atoms with van der Waals surface area (Å²) in [6.07, 6.45) is 3.27. The number of hydrogen-bond donors (Lipinski definition) is 0. The Bertz CT molecular complexity index is 569. The Labute approximate surface area is 132 Å². The Hall–Kier alpha value is -1.67. The topological polar surface area (TPSA) is 3.24 Å². The normalized spacial score (nSPS) is 23.1. The lowest BCUT2D eigenvalue weighted by molar-refractivity contribution is 0.0965. The Morgan fingerprint density at radius 3 is 2.18 bits per heavy atom. The van der Waals surface area contributed by atoms with E-state index in [9.17, 15) is 0 Å². The van der Waals surface area contributed by atoms with Crippen molar-refractivity contribution in [2.45, 2.75) is 37.9 Å². The second-order valence-corrected chi connectivity index (χ2v) is 6.47. The van der Waals surface area contributed by atoms with Gasteiger partial charge in [0.2, 0.25) is 0 Å². The fraction of sp³-hybridized carbons (Fsp3) is 0.400. The van der Waals surface area contributed by atoms with Crippen molar-refractivity contribution in [3.05, 3.63) is 71.8 Å². The predicted octanol–water partition coefficient (Wildman–Crippen LogP) is 4.62. The van der Waals surface area contributed by atoms with Crippen molar-refractivity contribution in [1.82, 2.24) is 4.90 Å². The van der Waals surface area contributed by atoms with E-state index in [1.165, 1.54) is 5.56 Å². The van der Waals surface area contributed by atoms with Crippen molar-refractivity contribution >= 4 is 0 Å². The van der Waals surface area contributed by atoms with Crippen molar-refractivity contribution in [1.29, 1.82) is 0 Å². The molecular formula is C20H24FN. The van der Waals surface area contributed by atoms with Gasteiger partial charge in [0.25, 0.3) is 0 Å². The zero-order chi connectivity index (χ0) is 15.3. The van der Waals surface area contributed by atoms with Crippen LogP contribution in [-0.4, -0.2) is 23.7 Å². The van der Waals surface area contributed by atoms with Crippen LogP contribution in [0.5, 0.6) is 0 Å². The lowest BCUT2D eigenvalue weighted by Crippen LogP contribution is -2.39. The van der Waals surface area contributed by atoms with Crippen LogP contribution in [0, 0.1) is 0 Å². The maximum Gasteiger partial charge on any atom is 0.127 e. The molecule has 116 valence electrons. The van der Waals surface area contributed by atoms with E-state index in [4.69, 9.17) is 0 Å². The van der Waals surface area contributed by atoms with Crippen molar-refractivity contribution < 1.29 is 4.39 Å². The Kier molecular flexibility index (Phi) is 4.89. The summed E-state index contributed by atoms with van der Waals surface area (Å²) in [7, 11) is 0. The summed E-state index contributed by atoms with van der Waals surface area (Å²) < 4.78 is 15.4. The molecule has 1 heterocycles. The van der Waals surface area contributed by atoms with E-state index in [0.29, 0.717) is 19.4 Å². The zero-order valence-electron chi connectivity index (χ0n) is 13.0. The molecule has 2 aromatic carbocycles. The van der Waals surface area contributed by atoms with Crippen molar-refractivity contribution in [3.63, 3.8) is 0 Å². The van der Waals surface area contributed by atoms with Crippen LogP contribution in [-0.2, 0) is 13.0 Å². The van der Waals surface area contributed by atoms with Gasteiger partial charge in [-0.05, 0) is 36.9 Å². The summed E-state index contributed by atoms with van der Waals surface area (Å²) in [5.41, 5.74) is 1.27. The molecule has 2 aromatic rings. The lowest BCUT2D eigenvalue weighted by atomic mass is 9.91. The Morgan fingerprint density at radius 1 is 0.864 bits per heavy atom. The number of hydrogen-bond acceptors (Lipinski definition) is 1. The summed E-state index contributed by atoms with van der Waals surface area (Å²) in [5.74, 6) is 0. The second-order valence-electron chi connectivity index (χ2n) is 6.47. The third-order valence-corrected chi connectivity index (χ3v) is 4.47. The minimum atomic E-state index is -1.10. The molecule has 1 atom stereocenters. The smallest absolute Gasteiger partial charge is 0.127 e. The number of benzene rings is 2. The van der Waals surface area contributed by atoms with E-state index in [0.717, 1.165) is 31.5 Å². The van der Waals surface area contributed by atoms with Gasteiger partial charge in [-0.3, -0.25) is 4.90 Å². The van der Waals surface area contributed by atoms with Gasteiger partial charge in [-0.2, -0.15) is 0 Å². The molecule has 2 heteroatoms. The number of halogens is 1. The molecule has 0 saturated carbocycles. The SMILES string of the molecule is FC1(Cc2ccccc2)CCCCN(Cc2ccccc2)C1. The van der Waals surface area contributed by atoms with Gasteiger partial charge in [0.05, 0.1) is 0 Å². The van der Waals surface area contributed by atoms with Gasteiger partial charge < -0.3 is 0 Å². The van der Waals surface area contributed by atoms with Gasteiger partial charge in [0, 0.05) is 19.5 Å². The maximum absolute atomic E-state index is 15.4. The fourth-order valence-corrected chi connectivity index (χ4v) is 3.42. The second kappa shape index (κ2) is 7.06. The molecule has 0 radical (unpaired) electrons. The van der Waals surface area contributed by atoms with E-state index in [-0.39, 0.29) is 0 Å². The molecule has 1 nitrogen and oxygen atoms in total. The van der Waals surface area contributed by atoms with Crippen LogP contribution in [0.1, 0.15) is 30.4 Å². The van der Waals surface area contributed by atoms with Gasteiger partial charge >= 0.3 is 0 Å². The van der Waals surface area contributed by atoms with Crippen molar-refractivity contribution in [2.24, 2.45) is 0 Å². The lowest BCUT2D eigenvalue weighted by Gasteiger charge is -2.30. The Balaban J connectivity index is 1.69. The molecule has 1 aliphatic heterocycles. The maximum atomic E-state index is 15.4. The molecule has 22 heavy (non-hydrogen) atoms. The van der Waals surface area contributed by atoms with E-state index >= 15 is 4.39 Å². The zero-order valence-corrected chi connectivity index (χ0v) is 13.0. The van der Waals surface area contributed by atoms with Crippen LogP contribution in [0.25, 0.3) is 0 Å². The highest BCUT2D eigenvalue weighted by Crippen LogP contribution is 2.29. The van der Waals surface area contributed by atoms with E-state index < -0.39 is 5.67 Å². The van der Waals surface area contributed by atoms with Crippen LogP contribution in [0.3, 0.4) is 0 Å². The van der Waals surface area contributed by atoms with Crippen molar-refractivity contribution in [2.75, 3.05) is 13.1 Å². The number of rotatable bonds is 4. The van der Waals surface area contributed by atoms with E-state index in [2.05, 4.69) is 29.2 Å². The quantitative estimate of drug-likeness (QED) is 0.795. The molecule has 0 bridgehead atoms. The average molecular weight is 297 g/mol. The van der Waals surface area contributed by atoms with Crippen LogP contribution in [0.4, 0.5) is 4.39 Å². The van der Waals surface area contributed by atoms with Gasteiger partial charge in [-0.15, -0.1) is 0 Å². The number of nitrogens with zero attached hydrogens (tertiary/aromatic N) is 1. The standard InChI is InChI=1S/C20H24FN/c21-20(15-18-9-3-1-4-10-18)13-7-8-14-22(17-20)16-19-11-5-2-6-12-19/h1-6,9-12H,7-8,13-17H2. The molecule has 0 amide bonds. The van der Waals surface area contributed by atoms with Gasteiger partial charge in [-0.1, -0.05) is 60.7 Å². The summed E-state index contributed by atoms with van der Waals surface area (Å²) in [6, 6.07) is 20.4. The highest BCUT2D eigenvalue weighted by atomic mass is 19.1. The molecule has 1 unspecified atom stereocenters. The first-order chi connectivity index (χ1) is 10.7. The first-order valence-corrected chi connectivity index (χ1v) is 8.23. The van der Waals surface area contributed by atoms with E-state index in [1.54, 1.807) is 0 Å². The molecule has 0 spiro atoms. The third-order valence-electron chi connectivity index (χ3n) is 4.47. The van der Waals surface area contributed by atoms with Crippen LogP contribution < -0.4 is 0 Å². The molecule has 0 aromatic heterocycles. The molecular weight excluding hydrogens is 273 g/mol. The first-order valence-electron chi connectivity index (χ1n) is 8.23. The molecule has 1 aliphatic rings. The fourth-order valence-electron chi connectivity index (χ4n) is 3.42. The summed E-state index contributed by atoms with van der Waals surface area (Å²) in [5, 5.41) is 0. The molecule has 1 saturated heterocycles. The van der Waals surface area contributed by atoms with Crippen molar-refractivity contribution in [3.8, 4) is 0 Å². The molecule has 1 fully saturated rings. The van der Waals surface area contributed by atoms with Gasteiger partial charge in [0.1, 0.15) is 5.67 Å². The summed E-state index contributed by atoms with van der Waals surface area (Å²) >= 11 is 0. The largest absolute Gasteiger partial charge is 0.296 e. The minimum absolute atomic E-state index is 0.527. The monoisotopic (exact) mass is 297 g/mol. The van der Waals surface area contributed by atoms with Crippen LogP contribution >= 0.6 is 0 Å². The third kappa shape index (κ3) is 4.17. The summed E-state index contributed by atoms with van der Waals surface area (Å²) in [4.78, 5) is 2.28. The predicted molar refractivity (Wildman–Crippen MR) is 89.6 cm³/mol. The molecule has 3 rings (SSSR count). The number of likely N-dealkylation sites (tertiary alicyclic amines) is 1. The Morgan fingerprint density at radius 2 is 1.50 bits per heavy atom. The van der Waals surface area contributed by atoms with E-state index in [1.807, 2.05) is 36.4 Å². The highest BCUT2D eigenvalue weighted by Gasteiger charge is 2.33. The van der Waals surface area contributed by atoms with Crippen LogP contribution in [0.15, 0.2) is 60.7 Å². The average Bonchev–Trinajstić information content (AvgIpc) is 2.71. The van der Waals surface area contributed by atoms with Gasteiger partial charge in [0.15, 0.2) is 0 Å². The number of alkyl halides is 1.